The van der Waals surface area contributed by atoms with Crippen LogP contribution in [0.15, 0.2) is 0 Å². The molecular formula is C11H19N3O5. The summed E-state index contributed by atoms with van der Waals surface area (Å²) in [5, 5.41) is 11.2. The highest BCUT2D eigenvalue weighted by Gasteiger charge is 2.20. The monoisotopic (exact) mass is 273 g/mol. The first kappa shape index (κ1) is 15.2. The van der Waals surface area contributed by atoms with Crippen molar-refractivity contribution in [1.29, 1.82) is 0 Å². The zero-order chi connectivity index (χ0) is 14.3. The van der Waals surface area contributed by atoms with Crippen LogP contribution >= 0.6 is 0 Å². The molecule has 3 amide bonds. The summed E-state index contributed by atoms with van der Waals surface area (Å²) in [4.78, 5) is 34.0. The topological polar surface area (TPSA) is 122 Å². The maximum Gasteiger partial charge on any atom is 0.323 e. The number of ether oxygens (including phenoxy) is 1. The average Bonchev–Trinajstić information content (AvgIpc) is 2.35. The van der Waals surface area contributed by atoms with Gasteiger partial charge in [0.15, 0.2) is 0 Å². The summed E-state index contributed by atoms with van der Waals surface area (Å²) in [6.07, 6.45) is 2.85. The van der Waals surface area contributed by atoms with Crippen LogP contribution < -0.4 is 11.1 Å². The fourth-order valence-electron chi connectivity index (χ4n) is 1.83. The summed E-state index contributed by atoms with van der Waals surface area (Å²) in [5.74, 6) is -1.96. The van der Waals surface area contributed by atoms with Crippen molar-refractivity contribution in [2.24, 2.45) is 5.73 Å². The number of nitrogens with zero attached hydrogens (tertiary/aromatic N) is 1. The summed E-state index contributed by atoms with van der Waals surface area (Å²) < 4.78 is 5.43. The molecule has 0 aromatic carbocycles. The second kappa shape index (κ2) is 7.57. The Labute approximate surface area is 110 Å². The predicted molar refractivity (Wildman–Crippen MR) is 65.4 cm³/mol. The maximum atomic E-state index is 11.7. The molecule has 0 radical (unpaired) electrons. The van der Waals surface area contributed by atoms with Crippen molar-refractivity contribution in [3.8, 4) is 0 Å². The van der Waals surface area contributed by atoms with E-state index in [4.69, 9.17) is 15.6 Å². The summed E-state index contributed by atoms with van der Waals surface area (Å²) >= 11 is 0. The maximum absolute atomic E-state index is 11.7. The van der Waals surface area contributed by atoms with E-state index in [1.54, 1.807) is 0 Å². The molecule has 1 heterocycles. The minimum absolute atomic E-state index is 0.0574. The Morgan fingerprint density at radius 2 is 2.05 bits per heavy atom. The number of amides is 3. The van der Waals surface area contributed by atoms with E-state index in [1.165, 1.54) is 0 Å². The summed E-state index contributed by atoms with van der Waals surface area (Å²) in [6.45, 7) is -0.0294. The number of hydrogen-bond acceptors (Lipinski definition) is 4. The fraction of sp³-hybridized carbons (Fsp3) is 0.727. The number of hydrogen-bond donors (Lipinski definition) is 3. The predicted octanol–water partition coefficient (Wildman–Crippen LogP) is -0.863. The Bertz CT molecular complexity index is 325. The Morgan fingerprint density at radius 1 is 1.32 bits per heavy atom. The second-order valence-electron chi connectivity index (χ2n) is 4.39. The van der Waals surface area contributed by atoms with Gasteiger partial charge in [-0.3, -0.25) is 9.59 Å². The fourth-order valence-corrected chi connectivity index (χ4v) is 1.83. The van der Waals surface area contributed by atoms with Gasteiger partial charge >= 0.3 is 12.0 Å². The SMILES string of the molecule is NC(=O)CN(CC(=O)O)C(=O)NCC1CCCCO1. The van der Waals surface area contributed by atoms with E-state index < -0.39 is 31.0 Å². The van der Waals surface area contributed by atoms with Crippen molar-refractivity contribution in [3.63, 3.8) is 0 Å². The van der Waals surface area contributed by atoms with Gasteiger partial charge in [0.2, 0.25) is 5.91 Å². The number of aliphatic carboxylic acids is 1. The molecule has 1 aliphatic heterocycles. The van der Waals surface area contributed by atoms with Crippen molar-refractivity contribution in [1.82, 2.24) is 10.2 Å². The zero-order valence-corrected chi connectivity index (χ0v) is 10.6. The molecule has 1 atom stereocenters. The van der Waals surface area contributed by atoms with E-state index in [9.17, 15) is 14.4 Å². The third-order valence-electron chi connectivity index (χ3n) is 2.71. The van der Waals surface area contributed by atoms with Crippen molar-refractivity contribution >= 4 is 17.9 Å². The third-order valence-corrected chi connectivity index (χ3v) is 2.71. The van der Waals surface area contributed by atoms with E-state index in [-0.39, 0.29) is 6.10 Å². The van der Waals surface area contributed by atoms with Gasteiger partial charge in [-0.25, -0.2) is 4.79 Å². The minimum atomic E-state index is -1.20. The van der Waals surface area contributed by atoms with Crippen molar-refractivity contribution in [2.45, 2.75) is 25.4 Å². The molecule has 8 nitrogen and oxygen atoms in total. The van der Waals surface area contributed by atoms with Crippen LogP contribution in [0, 0.1) is 0 Å². The molecule has 1 fully saturated rings. The van der Waals surface area contributed by atoms with Crippen LogP contribution in [0.1, 0.15) is 19.3 Å². The number of carboxylic acid groups (broad SMARTS) is 1. The Morgan fingerprint density at radius 3 is 2.58 bits per heavy atom. The highest BCUT2D eigenvalue weighted by molar-refractivity contribution is 5.85. The lowest BCUT2D eigenvalue weighted by Crippen LogP contribution is -2.48. The largest absolute Gasteiger partial charge is 0.480 e. The van der Waals surface area contributed by atoms with E-state index in [0.29, 0.717) is 13.2 Å². The molecule has 0 saturated carbocycles. The molecule has 1 aliphatic rings. The lowest BCUT2D eigenvalue weighted by molar-refractivity contribution is -0.137. The van der Waals surface area contributed by atoms with Crippen LogP contribution in [-0.2, 0) is 14.3 Å². The molecular weight excluding hydrogens is 254 g/mol. The first-order chi connectivity index (χ1) is 8.99. The van der Waals surface area contributed by atoms with Gasteiger partial charge in [-0.1, -0.05) is 0 Å². The van der Waals surface area contributed by atoms with E-state index in [2.05, 4.69) is 5.32 Å². The molecule has 1 saturated heterocycles. The Balaban J connectivity index is 2.41. The second-order valence-corrected chi connectivity index (χ2v) is 4.39. The Hall–Kier alpha value is -1.83. The lowest BCUT2D eigenvalue weighted by atomic mass is 10.1. The highest BCUT2D eigenvalue weighted by atomic mass is 16.5. The highest BCUT2D eigenvalue weighted by Crippen LogP contribution is 2.11. The number of nitrogens with one attached hydrogen (secondary N) is 1. The van der Waals surface area contributed by atoms with Crippen molar-refractivity contribution in [3.05, 3.63) is 0 Å². The number of carboxylic acids is 1. The van der Waals surface area contributed by atoms with Crippen molar-refractivity contribution < 1.29 is 24.2 Å². The Kier molecular flexibility index (Phi) is 6.07. The van der Waals surface area contributed by atoms with Gasteiger partial charge in [-0.15, -0.1) is 0 Å². The first-order valence-electron chi connectivity index (χ1n) is 6.13. The average molecular weight is 273 g/mol. The van der Waals surface area contributed by atoms with Gasteiger partial charge in [0.25, 0.3) is 0 Å². The van der Waals surface area contributed by atoms with E-state index in [0.717, 1.165) is 24.2 Å². The summed E-state index contributed by atoms with van der Waals surface area (Å²) in [7, 11) is 0. The molecule has 108 valence electrons. The number of rotatable bonds is 6. The molecule has 8 heteroatoms. The standard InChI is InChI=1S/C11H19N3O5/c12-9(15)6-14(7-10(16)17)11(18)13-5-8-3-1-2-4-19-8/h8H,1-7H2,(H2,12,15)(H,13,18)(H,16,17). The molecule has 0 aromatic heterocycles. The molecule has 0 spiro atoms. The molecule has 1 unspecified atom stereocenters. The first-order valence-corrected chi connectivity index (χ1v) is 6.13. The van der Waals surface area contributed by atoms with Gasteiger partial charge < -0.3 is 25.8 Å². The van der Waals surface area contributed by atoms with Crippen LogP contribution in [0.4, 0.5) is 4.79 Å². The zero-order valence-electron chi connectivity index (χ0n) is 10.6. The van der Waals surface area contributed by atoms with Gasteiger partial charge in [0, 0.05) is 13.2 Å². The normalized spacial score (nSPS) is 18.6. The van der Waals surface area contributed by atoms with E-state index >= 15 is 0 Å². The number of carbonyl (C=O) groups excluding carboxylic acids is 2. The van der Waals surface area contributed by atoms with Crippen LogP contribution in [0.2, 0.25) is 0 Å². The van der Waals surface area contributed by atoms with Gasteiger partial charge in [0.05, 0.1) is 6.10 Å². The number of primary amides is 1. The van der Waals surface area contributed by atoms with Crippen LogP contribution in [0.25, 0.3) is 0 Å². The number of carbonyl (C=O) groups is 3. The van der Waals surface area contributed by atoms with Crippen molar-refractivity contribution in [2.75, 3.05) is 26.2 Å². The number of nitrogens with two attached hydrogens (primary N) is 1. The van der Waals surface area contributed by atoms with Crippen LogP contribution in [0.3, 0.4) is 0 Å². The summed E-state index contributed by atoms with van der Waals surface area (Å²) in [6, 6.07) is -0.629. The van der Waals surface area contributed by atoms with Crippen LogP contribution in [-0.4, -0.2) is 60.3 Å². The number of urea groups is 1. The quantitative estimate of drug-likeness (QED) is 0.581. The molecule has 0 aromatic rings. The third kappa shape index (κ3) is 6.05. The molecule has 1 rings (SSSR count). The van der Waals surface area contributed by atoms with E-state index in [1.807, 2.05) is 0 Å². The minimum Gasteiger partial charge on any atom is -0.480 e. The smallest absolute Gasteiger partial charge is 0.323 e. The molecule has 0 aliphatic carbocycles. The molecule has 4 N–H and O–H groups in total. The molecule has 19 heavy (non-hydrogen) atoms. The van der Waals surface area contributed by atoms with Gasteiger partial charge in [-0.2, -0.15) is 0 Å². The van der Waals surface area contributed by atoms with Crippen LogP contribution in [0.5, 0.6) is 0 Å². The lowest BCUT2D eigenvalue weighted by Gasteiger charge is -2.25. The molecule has 0 bridgehead atoms. The van der Waals surface area contributed by atoms with Gasteiger partial charge in [-0.05, 0) is 19.3 Å². The summed E-state index contributed by atoms with van der Waals surface area (Å²) in [5.41, 5.74) is 4.97. The van der Waals surface area contributed by atoms with Gasteiger partial charge in [0.1, 0.15) is 13.1 Å².